The molecular formula is C22H29NO6. The van der Waals surface area contributed by atoms with Crippen molar-refractivity contribution in [1.82, 2.24) is 4.90 Å². The number of likely N-dealkylation sites (tertiary alicyclic amines) is 1. The van der Waals surface area contributed by atoms with Gasteiger partial charge in [0.05, 0.1) is 7.11 Å². The van der Waals surface area contributed by atoms with Crippen LogP contribution in [-0.4, -0.2) is 48.5 Å². The number of carbonyl (C=O) groups is 2. The van der Waals surface area contributed by atoms with Crippen LogP contribution < -0.4 is 9.47 Å². The number of nitrogens with zero attached hydrogens (tertiary/aromatic N) is 1. The van der Waals surface area contributed by atoms with E-state index in [2.05, 4.69) is 6.07 Å². The van der Waals surface area contributed by atoms with E-state index >= 15 is 0 Å². The minimum atomic E-state index is -0.624. The first-order chi connectivity index (χ1) is 13.8. The molecule has 0 spiro atoms. The third kappa shape index (κ3) is 3.87. The van der Waals surface area contributed by atoms with Crippen LogP contribution in [0.5, 0.6) is 11.5 Å². The molecule has 2 fully saturated rings. The van der Waals surface area contributed by atoms with Gasteiger partial charge in [0.25, 0.3) is 0 Å². The molecule has 1 aliphatic carbocycles. The monoisotopic (exact) mass is 403 g/mol. The highest BCUT2D eigenvalue weighted by Gasteiger charge is 2.51. The molecule has 1 amide bonds. The van der Waals surface area contributed by atoms with Crippen LogP contribution in [0.4, 0.5) is 4.79 Å². The molecule has 0 N–H and O–H groups in total. The summed E-state index contributed by atoms with van der Waals surface area (Å²) in [4.78, 5) is 27.1. The number of benzene rings is 1. The molecule has 0 aromatic heterocycles. The summed E-state index contributed by atoms with van der Waals surface area (Å²) in [5, 5.41) is 0. The maximum Gasteiger partial charge on any atom is 0.411 e. The van der Waals surface area contributed by atoms with Crippen LogP contribution in [0.2, 0.25) is 0 Å². The van der Waals surface area contributed by atoms with Crippen molar-refractivity contribution >= 4 is 12.1 Å². The lowest BCUT2D eigenvalue weighted by Gasteiger charge is -2.37. The third-order valence-electron chi connectivity index (χ3n) is 6.12. The number of hydrogen-bond acceptors (Lipinski definition) is 6. The molecule has 2 heterocycles. The Hall–Kier alpha value is -2.44. The molecule has 4 atom stereocenters. The molecule has 158 valence electrons. The maximum absolute atomic E-state index is 13.0. The fourth-order valence-corrected chi connectivity index (χ4v) is 4.85. The quantitative estimate of drug-likeness (QED) is 0.699. The van der Waals surface area contributed by atoms with E-state index in [1.807, 2.05) is 32.9 Å². The predicted molar refractivity (Wildman–Crippen MR) is 105 cm³/mol. The molecule has 7 heteroatoms. The Morgan fingerprint density at radius 1 is 1.10 bits per heavy atom. The predicted octanol–water partition coefficient (Wildman–Crippen LogP) is 3.85. The van der Waals surface area contributed by atoms with E-state index in [0.29, 0.717) is 6.42 Å². The van der Waals surface area contributed by atoms with Crippen LogP contribution >= 0.6 is 0 Å². The number of fused-ring (bicyclic) bond motifs is 2. The lowest BCUT2D eigenvalue weighted by molar-refractivity contribution is -0.146. The summed E-state index contributed by atoms with van der Waals surface area (Å²) in [5.41, 5.74) is 0.555. The second kappa shape index (κ2) is 7.43. The largest absolute Gasteiger partial charge is 0.467 e. The molecule has 1 aromatic rings. The smallest absolute Gasteiger partial charge is 0.411 e. The summed E-state index contributed by atoms with van der Waals surface area (Å²) in [7, 11) is 1.37. The summed E-state index contributed by atoms with van der Waals surface area (Å²) in [6, 6.07) is 5.43. The first-order valence-electron chi connectivity index (χ1n) is 10.3. The zero-order valence-corrected chi connectivity index (χ0v) is 17.5. The van der Waals surface area contributed by atoms with Crippen molar-refractivity contribution < 1.29 is 28.5 Å². The van der Waals surface area contributed by atoms with Gasteiger partial charge in [-0.3, -0.25) is 4.90 Å². The van der Waals surface area contributed by atoms with Crippen molar-refractivity contribution in [2.24, 2.45) is 5.92 Å². The molecule has 1 aromatic carbocycles. The standard InChI is InChI=1S/C22H29NO6/c1-22(2,3)29-21(25)23-16-9-13(5-6-15(16)10-17(23)20(24)26-4)14-7-8-18-19(11-14)28-12-27-18/h7-8,11,13,15-17H,5-6,9-10,12H2,1-4H3/t13-,15-,16-,17-/m0/s1. The van der Waals surface area contributed by atoms with Gasteiger partial charge in [-0.05, 0) is 76.0 Å². The van der Waals surface area contributed by atoms with Gasteiger partial charge in [-0.25, -0.2) is 9.59 Å². The number of rotatable bonds is 2. The average molecular weight is 403 g/mol. The van der Waals surface area contributed by atoms with Crippen molar-refractivity contribution in [2.45, 2.75) is 70.1 Å². The lowest BCUT2D eigenvalue weighted by atomic mass is 9.75. The van der Waals surface area contributed by atoms with Crippen molar-refractivity contribution in [1.29, 1.82) is 0 Å². The number of amides is 1. The Kier molecular flexibility index (Phi) is 5.09. The number of esters is 1. The molecule has 1 saturated heterocycles. The van der Waals surface area contributed by atoms with E-state index in [1.54, 1.807) is 4.90 Å². The van der Waals surface area contributed by atoms with Crippen molar-refractivity contribution in [3.63, 3.8) is 0 Å². The number of hydrogen-bond donors (Lipinski definition) is 0. The number of ether oxygens (including phenoxy) is 4. The van der Waals surface area contributed by atoms with Gasteiger partial charge in [0.15, 0.2) is 11.5 Å². The Bertz CT molecular complexity index is 801. The van der Waals surface area contributed by atoms with E-state index in [9.17, 15) is 9.59 Å². The van der Waals surface area contributed by atoms with Crippen molar-refractivity contribution in [3.8, 4) is 11.5 Å². The molecule has 29 heavy (non-hydrogen) atoms. The molecule has 3 aliphatic rings. The van der Waals surface area contributed by atoms with Crippen LogP contribution in [0.1, 0.15) is 57.9 Å². The fourth-order valence-electron chi connectivity index (χ4n) is 4.85. The zero-order chi connectivity index (χ0) is 20.8. The van der Waals surface area contributed by atoms with Crippen molar-refractivity contribution in [2.75, 3.05) is 13.9 Å². The van der Waals surface area contributed by atoms with Gasteiger partial charge < -0.3 is 18.9 Å². The minimum absolute atomic E-state index is 0.0434. The average Bonchev–Trinajstić information content (AvgIpc) is 3.28. The third-order valence-corrected chi connectivity index (χ3v) is 6.12. The van der Waals surface area contributed by atoms with Crippen LogP contribution in [0.15, 0.2) is 18.2 Å². The summed E-state index contributed by atoms with van der Waals surface area (Å²) in [6.45, 7) is 5.76. The highest BCUT2D eigenvalue weighted by molar-refractivity contribution is 5.82. The van der Waals surface area contributed by atoms with E-state index in [4.69, 9.17) is 18.9 Å². The molecule has 1 saturated carbocycles. The zero-order valence-electron chi connectivity index (χ0n) is 17.5. The van der Waals surface area contributed by atoms with Gasteiger partial charge in [-0.1, -0.05) is 6.07 Å². The molecule has 2 aliphatic heterocycles. The highest BCUT2D eigenvalue weighted by atomic mass is 16.7. The minimum Gasteiger partial charge on any atom is -0.467 e. The summed E-state index contributed by atoms with van der Waals surface area (Å²) >= 11 is 0. The van der Waals surface area contributed by atoms with E-state index in [0.717, 1.165) is 30.8 Å². The normalized spacial score (nSPS) is 28.1. The second-order valence-electron chi connectivity index (χ2n) is 9.11. The Balaban J connectivity index is 1.57. The second-order valence-corrected chi connectivity index (χ2v) is 9.11. The summed E-state index contributed by atoms with van der Waals surface area (Å²) in [5.74, 6) is 1.73. The Morgan fingerprint density at radius 2 is 1.86 bits per heavy atom. The molecule has 4 rings (SSSR count). The molecule has 0 bridgehead atoms. The number of methoxy groups -OCH3 is 1. The Morgan fingerprint density at radius 3 is 2.59 bits per heavy atom. The summed E-state index contributed by atoms with van der Waals surface area (Å²) < 4.78 is 21.6. The van der Waals surface area contributed by atoms with E-state index < -0.39 is 17.7 Å². The molecule has 0 unspecified atom stereocenters. The topological polar surface area (TPSA) is 74.3 Å². The van der Waals surface area contributed by atoms with E-state index in [-0.39, 0.29) is 30.6 Å². The van der Waals surface area contributed by atoms with Gasteiger partial charge in [0.1, 0.15) is 11.6 Å². The first kappa shape index (κ1) is 19.9. The maximum atomic E-state index is 13.0. The van der Waals surface area contributed by atoms with Crippen LogP contribution in [0, 0.1) is 5.92 Å². The first-order valence-corrected chi connectivity index (χ1v) is 10.3. The molecular weight excluding hydrogens is 374 g/mol. The van der Waals surface area contributed by atoms with Gasteiger partial charge >= 0.3 is 12.1 Å². The summed E-state index contributed by atoms with van der Waals surface area (Å²) in [6.07, 6.45) is 2.95. The van der Waals surface area contributed by atoms with Gasteiger partial charge in [-0.2, -0.15) is 0 Å². The van der Waals surface area contributed by atoms with Gasteiger partial charge in [-0.15, -0.1) is 0 Å². The van der Waals surface area contributed by atoms with Crippen molar-refractivity contribution in [3.05, 3.63) is 23.8 Å². The Labute approximate surface area is 171 Å². The van der Waals surface area contributed by atoms with Crippen LogP contribution in [-0.2, 0) is 14.3 Å². The van der Waals surface area contributed by atoms with Crippen LogP contribution in [0.3, 0.4) is 0 Å². The van der Waals surface area contributed by atoms with Gasteiger partial charge in [0.2, 0.25) is 6.79 Å². The van der Waals surface area contributed by atoms with E-state index in [1.165, 1.54) is 12.7 Å². The van der Waals surface area contributed by atoms with Gasteiger partial charge in [0, 0.05) is 6.04 Å². The van der Waals surface area contributed by atoms with Crippen LogP contribution in [0.25, 0.3) is 0 Å². The lowest BCUT2D eigenvalue weighted by Crippen LogP contribution is -2.49. The SMILES string of the molecule is COC(=O)[C@@H]1C[C@@H]2CC[C@H](c3ccc4c(c3)OCO4)C[C@@H]2N1C(=O)OC(C)(C)C. The molecule has 7 nitrogen and oxygen atoms in total. The highest BCUT2D eigenvalue weighted by Crippen LogP contribution is 2.47. The fraction of sp³-hybridized carbons (Fsp3) is 0.636. The molecule has 0 radical (unpaired) electrons. The number of carbonyl (C=O) groups excluding carboxylic acids is 2.